The molecule has 0 aliphatic rings. The van der Waals surface area contributed by atoms with Crippen molar-refractivity contribution in [3.63, 3.8) is 0 Å². The average molecular weight is 212 g/mol. The third-order valence-electron chi connectivity index (χ3n) is 2.19. The fourth-order valence-electron chi connectivity index (χ4n) is 1.36. The van der Waals surface area contributed by atoms with Gasteiger partial charge in [-0.15, -0.1) is 0 Å². The van der Waals surface area contributed by atoms with Crippen molar-refractivity contribution >= 4 is 11.9 Å². The van der Waals surface area contributed by atoms with Crippen LogP contribution in [0.2, 0.25) is 0 Å². The number of hydrogen-bond acceptors (Lipinski definition) is 3. The molecule has 0 radical (unpaired) electrons. The summed E-state index contributed by atoms with van der Waals surface area (Å²) in [5.74, 6) is 0. The van der Waals surface area contributed by atoms with Crippen molar-refractivity contribution in [3.8, 4) is 0 Å². The summed E-state index contributed by atoms with van der Waals surface area (Å²) < 4.78 is 0. The smallest absolute Gasteiger partial charge is 0.0812 e. The molecule has 0 saturated heterocycles. The van der Waals surface area contributed by atoms with Crippen LogP contribution < -0.4 is 0 Å². The molecule has 0 spiro atoms. The highest BCUT2D eigenvalue weighted by Gasteiger charge is 1.96. The maximum atomic E-state index is 9.13. The minimum absolute atomic E-state index is 0.00423. The normalized spacial score (nSPS) is 10.8. The second-order valence-corrected chi connectivity index (χ2v) is 3.30. The van der Waals surface area contributed by atoms with E-state index >= 15 is 0 Å². The second kappa shape index (κ2) is 5.19. The van der Waals surface area contributed by atoms with Crippen LogP contribution in [0.5, 0.6) is 0 Å². The number of hydrogen-bond donors (Lipinski definition) is 1. The van der Waals surface area contributed by atoms with Crippen LogP contribution in [0.15, 0.2) is 53.7 Å². The summed E-state index contributed by atoms with van der Waals surface area (Å²) in [6.45, 7) is -0.00423. The molecule has 80 valence electrons. The number of rotatable bonds is 3. The molecule has 1 heterocycles. The van der Waals surface area contributed by atoms with E-state index in [1.54, 1.807) is 12.4 Å². The van der Waals surface area contributed by atoms with E-state index in [1.807, 2.05) is 42.5 Å². The highest BCUT2D eigenvalue weighted by molar-refractivity contribution is 5.79. The van der Waals surface area contributed by atoms with Gasteiger partial charge in [0.05, 0.1) is 24.2 Å². The quantitative estimate of drug-likeness (QED) is 0.793. The van der Waals surface area contributed by atoms with Gasteiger partial charge in [-0.3, -0.25) is 9.98 Å². The van der Waals surface area contributed by atoms with Crippen molar-refractivity contribution in [1.82, 2.24) is 4.98 Å². The van der Waals surface area contributed by atoms with Crippen molar-refractivity contribution in [3.05, 3.63) is 59.9 Å². The summed E-state index contributed by atoms with van der Waals surface area (Å²) >= 11 is 0. The number of nitrogens with zero attached hydrogens (tertiary/aromatic N) is 2. The third kappa shape index (κ3) is 2.52. The number of benzene rings is 1. The number of aliphatic hydroxyl groups is 1. The van der Waals surface area contributed by atoms with Gasteiger partial charge in [0.25, 0.3) is 0 Å². The summed E-state index contributed by atoms with van der Waals surface area (Å²) in [4.78, 5) is 8.44. The fraction of sp³-hybridized carbons (Fsp3) is 0.0769. The molecule has 0 bridgehead atoms. The average Bonchev–Trinajstić information content (AvgIpc) is 2.38. The Morgan fingerprint density at radius 3 is 2.69 bits per heavy atom. The zero-order chi connectivity index (χ0) is 11.2. The zero-order valence-electron chi connectivity index (χ0n) is 8.74. The van der Waals surface area contributed by atoms with E-state index in [-0.39, 0.29) is 6.61 Å². The molecule has 2 aromatic rings. The minimum atomic E-state index is -0.00423. The van der Waals surface area contributed by atoms with Crippen molar-refractivity contribution in [2.45, 2.75) is 6.61 Å². The molecular weight excluding hydrogens is 200 g/mol. The Bertz CT molecular complexity index is 480. The van der Waals surface area contributed by atoms with Crippen LogP contribution in [0.1, 0.15) is 11.3 Å². The Hall–Kier alpha value is -2.00. The van der Waals surface area contributed by atoms with E-state index < -0.39 is 0 Å². The van der Waals surface area contributed by atoms with Crippen LogP contribution in [0.25, 0.3) is 0 Å². The van der Waals surface area contributed by atoms with Crippen molar-refractivity contribution in [2.24, 2.45) is 4.99 Å². The van der Waals surface area contributed by atoms with Gasteiger partial charge >= 0.3 is 0 Å². The van der Waals surface area contributed by atoms with Crippen LogP contribution >= 0.6 is 0 Å². The topological polar surface area (TPSA) is 45.5 Å². The largest absolute Gasteiger partial charge is 0.392 e. The van der Waals surface area contributed by atoms with Gasteiger partial charge in [0, 0.05) is 11.8 Å². The summed E-state index contributed by atoms with van der Waals surface area (Å²) in [5, 5.41) is 9.13. The molecule has 0 atom stereocenters. The first-order valence-corrected chi connectivity index (χ1v) is 5.04. The summed E-state index contributed by atoms with van der Waals surface area (Å²) in [7, 11) is 0. The van der Waals surface area contributed by atoms with E-state index in [0.29, 0.717) is 0 Å². The lowest BCUT2D eigenvalue weighted by Crippen LogP contribution is -1.86. The second-order valence-electron chi connectivity index (χ2n) is 3.30. The molecule has 1 aromatic carbocycles. The molecule has 0 aliphatic heterocycles. The van der Waals surface area contributed by atoms with Crippen molar-refractivity contribution in [1.29, 1.82) is 0 Å². The molecule has 3 heteroatoms. The Morgan fingerprint density at radius 1 is 1.12 bits per heavy atom. The van der Waals surface area contributed by atoms with E-state index in [9.17, 15) is 0 Å². The highest BCUT2D eigenvalue weighted by atomic mass is 16.3. The monoisotopic (exact) mass is 212 g/mol. The Labute approximate surface area is 94.1 Å². The van der Waals surface area contributed by atoms with E-state index in [0.717, 1.165) is 16.9 Å². The van der Waals surface area contributed by atoms with Gasteiger partial charge in [-0.25, -0.2) is 0 Å². The number of pyridine rings is 1. The van der Waals surface area contributed by atoms with Crippen molar-refractivity contribution < 1.29 is 5.11 Å². The predicted molar refractivity (Wildman–Crippen MR) is 63.9 cm³/mol. The van der Waals surface area contributed by atoms with Gasteiger partial charge in [-0.05, 0) is 18.2 Å². The van der Waals surface area contributed by atoms with Crippen LogP contribution in [0.4, 0.5) is 5.69 Å². The standard InChI is InChI=1S/C13H12N2O/c16-10-11-5-1-2-7-13(11)15-9-12-6-3-4-8-14-12/h1-9,16H,10H2. The maximum Gasteiger partial charge on any atom is 0.0812 e. The lowest BCUT2D eigenvalue weighted by atomic mass is 10.2. The molecule has 0 fully saturated rings. The van der Waals surface area contributed by atoms with E-state index in [2.05, 4.69) is 9.98 Å². The first-order valence-electron chi connectivity index (χ1n) is 5.04. The zero-order valence-corrected chi connectivity index (χ0v) is 8.74. The molecular formula is C13H12N2O. The molecule has 0 unspecified atom stereocenters. The summed E-state index contributed by atoms with van der Waals surface area (Å²) in [6.07, 6.45) is 3.41. The van der Waals surface area contributed by atoms with E-state index in [4.69, 9.17) is 5.11 Å². The number of para-hydroxylation sites is 1. The summed E-state index contributed by atoms with van der Waals surface area (Å²) in [6, 6.07) is 13.1. The maximum absolute atomic E-state index is 9.13. The molecule has 0 amide bonds. The van der Waals surface area contributed by atoms with Gasteiger partial charge in [-0.2, -0.15) is 0 Å². The number of aliphatic hydroxyl groups excluding tert-OH is 1. The first kappa shape index (κ1) is 10.5. The molecule has 1 aromatic heterocycles. The Balaban J connectivity index is 2.24. The molecule has 1 N–H and O–H groups in total. The highest BCUT2D eigenvalue weighted by Crippen LogP contribution is 2.17. The minimum Gasteiger partial charge on any atom is -0.392 e. The Kier molecular flexibility index (Phi) is 3.41. The first-order chi connectivity index (χ1) is 7.90. The number of aromatic nitrogens is 1. The summed E-state index contributed by atoms with van der Waals surface area (Å²) in [5.41, 5.74) is 2.39. The lowest BCUT2D eigenvalue weighted by molar-refractivity contribution is 0.282. The van der Waals surface area contributed by atoms with Gasteiger partial charge < -0.3 is 5.11 Å². The van der Waals surface area contributed by atoms with Crippen LogP contribution in [-0.4, -0.2) is 16.3 Å². The Morgan fingerprint density at radius 2 is 1.94 bits per heavy atom. The van der Waals surface area contributed by atoms with Gasteiger partial charge in [-0.1, -0.05) is 24.3 Å². The van der Waals surface area contributed by atoms with E-state index in [1.165, 1.54) is 0 Å². The third-order valence-corrected chi connectivity index (χ3v) is 2.19. The molecule has 0 saturated carbocycles. The predicted octanol–water partition coefficient (Wildman–Crippen LogP) is 2.32. The SMILES string of the molecule is OCc1ccccc1N=Cc1ccccn1. The van der Waals surface area contributed by atoms with Gasteiger partial charge in [0.2, 0.25) is 0 Å². The number of aliphatic imine (C=N–C) groups is 1. The van der Waals surface area contributed by atoms with Crippen LogP contribution in [-0.2, 0) is 6.61 Å². The molecule has 16 heavy (non-hydrogen) atoms. The van der Waals surface area contributed by atoms with Gasteiger partial charge in [0.1, 0.15) is 0 Å². The fourth-order valence-corrected chi connectivity index (χ4v) is 1.36. The van der Waals surface area contributed by atoms with Gasteiger partial charge in [0.15, 0.2) is 0 Å². The lowest BCUT2D eigenvalue weighted by Gasteiger charge is -2.00. The molecule has 3 nitrogen and oxygen atoms in total. The van der Waals surface area contributed by atoms with Crippen LogP contribution in [0, 0.1) is 0 Å². The molecule has 0 aliphatic carbocycles. The van der Waals surface area contributed by atoms with Crippen LogP contribution in [0.3, 0.4) is 0 Å². The van der Waals surface area contributed by atoms with Crippen molar-refractivity contribution in [2.75, 3.05) is 0 Å². The molecule has 2 rings (SSSR count).